The predicted octanol–water partition coefficient (Wildman–Crippen LogP) is 4.19. The van der Waals surface area contributed by atoms with E-state index in [4.69, 9.17) is 4.74 Å². The molecule has 1 N–H and O–H groups in total. The lowest BCUT2D eigenvalue weighted by Crippen LogP contribution is -2.17. The number of thioether (sulfide) groups is 1. The second-order valence-corrected chi connectivity index (χ2v) is 9.66. The van der Waals surface area contributed by atoms with Gasteiger partial charge in [-0.05, 0) is 44.1 Å². The molecule has 2 aromatic rings. The van der Waals surface area contributed by atoms with E-state index >= 15 is 0 Å². The van der Waals surface area contributed by atoms with Crippen LogP contribution in [0.15, 0.2) is 17.8 Å². The van der Waals surface area contributed by atoms with Gasteiger partial charge in [0.25, 0.3) is 0 Å². The molecule has 0 spiro atoms. The number of amides is 1. The molecule has 2 aliphatic rings. The van der Waals surface area contributed by atoms with Gasteiger partial charge in [0.05, 0.1) is 18.4 Å². The van der Waals surface area contributed by atoms with Crippen molar-refractivity contribution in [3.63, 3.8) is 0 Å². The van der Waals surface area contributed by atoms with Gasteiger partial charge >= 0.3 is 5.97 Å². The Kier molecular flexibility index (Phi) is 6.58. The van der Waals surface area contributed by atoms with E-state index in [1.54, 1.807) is 0 Å². The first-order valence-corrected chi connectivity index (χ1v) is 12.1. The van der Waals surface area contributed by atoms with Crippen molar-refractivity contribution in [1.82, 2.24) is 14.8 Å². The molecule has 2 heterocycles. The molecule has 1 saturated carbocycles. The van der Waals surface area contributed by atoms with E-state index in [0.717, 1.165) is 61.5 Å². The maximum atomic E-state index is 12.7. The highest BCUT2D eigenvalue weighted by atomic mass is 32.2. The van der Waals surface area contributed by atoms with Crippen molar-refractivity contribution in [2.45, 2.75) is 62.6 Å². The number of carbonyl (C=O) groups excluding carboxylic acids is 2. The molecule has 0 aromatic carbocycles. The fourth-order valence-corrected chi connectivity index (χ4v) is 5.84. The molecule has 0 unspecified atom stereocenters. The van der Waals surface area contributed by atoms with Crippen LogP contribution in [0.5, 0.6) is 0 Å². The number of hydrogen-bond donors (Lipinski definition) is 1. The zero-order valence-electron chi connectivity index (χ0n) is 17.1. The summed E-state index contributed by atoms with van der Waals surface area (Å²) in [6.45, 7) is 4.45. The highest BCUT2D eigenvalue weighted by Gasteiger charge is 2.30. The molecule has 0 bridgehead atoms. The first-order chi connectivity index (χ1) is 14.6. The summed E-state index contributed by atoms with van der Waals surface area (Å²) >= 11 is 2.86. The lowest BCUT2D eigenvalue weighted by molar-refractivity contribution is -0.113. The molecule has 0 aliphatic heterocycles. The molecule has 7 nitrogen and oxygen atoms in total. The third-order valence-corrected chi connectivity index (χ3v) is 7.57. The predicted molar refractivity (Wildman–Crippen MR) is 118 cm³/mol. The van der Waals surface area contributed by atoms with Crippen molar-refractivity contribution in [2.75, 3.05) is 18.2 Å². The number of aromatic nitrogens is 3. The van der Waals surface area contributed by atoms with Crippen LogP contribution in [0.4, 0.5) is 5.00 Å². The Hall–Kier alpha value is -2.13. The van der Waals surface area contributed by atoms with Crippen LogP contribution >= 0.6 is 23.1 Å². The van der Waals surface area contributed by atoms with Crippen LogP contribution in [0.3, 0.4) is 0 Å². The molecule has 30 heavy (non-hydrogen) atoms. The van der Waals surface area contributed by atoms with Crippen LogP contribution in [0, 0.1) is 0 Å². The maximum Gasteiger partial charge on any atom is 0.341 e. The van der Waals surface area contributed by atoms with Crippen LogP contribution in [0.1, 0.15) is 64.6 Å². The molecule has 1 fully saturated rings. The van der Waals surface area contributed by atoms with Crippen LogP contribution in [-0.4, -0.2) is 39.5 Å². The maximum absolute atomic E-state index is 12.7. The monoisotopic (exact) mass is 446 g/mol. The number of hydrogen-bond acceptors (Lipinski definition) is 7. The molecule has 1 amide bonds. The number of allylic oxidation sites excluding steroid dienone is 1. The molecule has 0 saturated heterocycles. The second-order valence-electron chi connectivity index (χ2n) is 7.61. The smallest absolute Gasteiger partial charge is 0.341 e. The number of nitrogens with one attached hydrogen (secondary N) is 1. The van der Waals surface area contributed by atoms with Crippen molar-refractivity contribution in [1.29, 1.82) is 0 Å². The Morgan fingerprint density at radius 3 is 2.83 bits per heavy atom. The number of esters is 1. The number of aryl methyl sites for hydroxylation is 1. The minimum Gasteiger partial charge on any atom is -0.465 e. The fourth-order valence-electron chi connectivity index (χ4n) is 3.79. The summed E-state index contributed by atoms with van der Waals surface area (Å²) in [5.74, 6) is 1.11. The minimum atomic E-state index is -0.378. The Balaban J connectivity index is 1.47. The second kappa shape index (κ2) is 9.34. The molecule has 2 aromatic heterocycles. The highest BCUT2D eigenvalue weighted by molar-refractivity contribution is 7.99. The van der Waals surface area contributed by atoms with Crippen molar-refractivity contribution in [3.05, 3.63) is 34.5 Å². The SMILES string of the molecule is C=CCn1c(SCC(=O)Nc2sc3c(c2C(=O)OC)CCCCC3)nnc1C1CC1. The van der Waals surface area contributed by atoms with Crippen LogP contribution in [0.25, 0.3) is 0 Å². The largest absolute Gasteiger partial charge is 0.465 e. The molecule has 0 atom stereocenters. The van der Waals surface area contributed by atoms with Gasteiger partial charge < -0.3 is 14.6 Å². The van der Waals surface area contributed by atoms with Gasteiger partial charge in [-0.25, -0.2) is 4.79 Å². The van der Waals surface area contributed by atoms with Gasteiger partial charge in [0, 0.05) is 17.3 Å². The van der Waals surface area contributed by atoms with Gasteiger partial charge in [-0.15, -0.1) is 28.1 Å². The average molecular weight is 447 g/mol. The van der Waals surface area contributed by atoms with Crippen LogP contribution < -0.4 is 5.32 Å². The van der Waals surface area contributed by atoms with E-state index < -0.39 is 0 Å². The fraction of sp³-hybridized carbons (Fsp3) is 0.524. The van der Waals surface area contributed by atoms with Gasteiger partial charge in [0.15, 0.2) is 5.16 Å². The number of methoxy groups -OCH3 is 1. The van der Waals surface area contributed by atoms with Crippen molar-refractivity contribution in [3.8, 4) is 0 Å². The molecular formula is C21H26N4O3S2. The van der Waals surface area contributed by atoms with Gasteiger partial charge in [-0.1, -0.05) is 24.3 Å². The third-order valence-electron chi connectivity index (χ3n) is 5.40. The summed E-state index contributed by atoms with van der Waals surface area (Å²) in [5, 5.41) is 12.9. The number of fused-ring (bicyclic) bond motifs is 1. The summed E-state index contributed by atoms with van der Waals surface area (Å²) in [6, 6.07) is 0. The van der Waals surface area contributed by atoms with Gasteiger partial charge in [0.1, 0.15) is 10.8 Å². The molecular weight excluding hydrogens is 420 g/mol. The van der Waals surface area contributed by atoms with E-state index in [-0.39, 0.29) is 17.6 Å². The van der Waals surface area contributed by atoms with Crippen molar-refractivity contribution in [2.24, 2.45) is 0 Å². The average Bonchev–Trinajstić information content (AvgIpc) is 3.47. The lowest BCUT2D eigenvalue weighted by Gasteiger charge is -2.08. The number of rotatable bonds is 8. The molecule has 0 radical (unpaired) electrons. The van der Waals surface area contributed by atoms with Crippen molar-refractivity contribution >= 4 is 40.0 Å². The Morgan fingerprint density at radius 2 is 2.10 bits per heavy atom. The van der Waals surface area contributed by atoms with Gasteiger partial charge in [-0.2, -0.15) is 0 Å². The summed E-state index contributed by atoms with van der Waals surface area (Å²) in [6.07, 6.45) is 9.23. The topological polar surface area (TPSA) is 86.1 Å². The van der Waals surface area contributed by atoms with E-state index in [1.165, 1.54) is 35.1 Å². The zero-order chi connectivity index (χ0) is 21.1. The van der Waals surface area contributed by atoms with E-state index in [2.05, 4.69) is 22.1 Å². The summed E-state index contributed by atoms with van der Waals surface area (Å²) in [4.78, 5) is 26.3. The highest BCUT2D eigenvalue weighted by Crippen LogP contribution is 2.40. The molecule has 4 rings (SSSR count). The summed E-state index contributed by atoms with van der Waals surface area (Å²) < 4.78 is 7.04. The Bertz CT molecular complexity index is 962. The lowest BCUT2D eigenvalue weighted by atomic mass is 10.1. The number of anilines is 1. The molecule has 160 valence electrons. The first-order valence-electron chi connectivity index (χ1n) is 10.3. The number of carbonyl (C=O) groups is 2. The van der Waals surface area contributed by atoms with E-state index in [9.17, 15) is 9.59 Å². The minimum absolute atomic E-state index is 0.164. The normalized spacial score (nSPS) is 15.9. The quantitative estimate of drug-likeness (QED) is 0.283. The Morgan fingerprint density at radius 1 is 1.30 bits per heavy atom. The van der Waals surface area contributed by atoms with E-state index in [0.29, 0.717) is 23.0 Å². The van der Waals surface area contributed by atoms with Crippen LogP contribution in [-0.2, 0) is 28.9 Å². The third kappa shape index (κ3) is 4.46. The zero-order valence-corrected chi connectivity index (χ0v) is 18.7. The first kappa shape index (κ1) is 21.1. The van der Waals surface area contributed by atoms with E-state index in [1.807, 2.05) is 10.6 Å². The summed E-state index contributed by atoms with van der Waals surface area (Å²) in [7, 11) is 1.38. The van der Waals surface area contributed by atoms with Crippen LogP contribution in [0.2, 0.25) is 0 Å². The van der Waals surface area contributed by atoms with Crippen molar-refractivity contribution < 1.29 is 14.3 Å². The number of ether oxygens (including phenoxy) is 1. The Labute approximate surface area is 184 Å². The van der Waals surface area contributed by atoms with Gasteiger partial charge in [-0.3, -0.25) is 4.79 Å². The van der Waals surface area contributed by atoms with Gasteiger partial charge in [0.2, 0.25) is 5.91 Å². The molecule has 9 heteroatoms. The standard InChI is InChI=1S/C21H26N4O3S2/c1-3-11-25-18(13-9-10-13)23-24-21(25)29-12-16(26)22-19-17(20(27)28-2)14-7-5-4-6-8-15(14)30-19/h3,13H,1,4-12H2,2H3,(H,22,26). The molecule has 2 aliphatic carbocycles. The number of nitrogens with zero attached hydrogens (tertiary/aromatic N) is 3. The number of thiophene rings is 1. The summed E-state index contributed by atoms with van der Waals surface area (Å²) in [5.41, 5.74) is 1.58.